The molecule has 1 saturated heterocycles. The van der Waals surface area contributed by atoms with Crippen LogP contribution in [0.3, 0.4) is 0 Å². The van der Waals surface area contributed by atoms with Crippen LogP contribution < -0.4 is 5.46 Å². The molecule has 0 unspecified atom stereocenters. The van der Waals surface area contributed by atoms with E-state index in [0.717, 1.165) is 5.46 Å². The van der Waals surface area contributed by atoms with Gasteiger partial charge >= 0.3 is 7.12 Å². The predicted octanol–water partition coefficient (Wildman–Crippen LogP) is 2.60. The van der Waals surface area contributed by atoms with Crippen LogP contribution in [-0.4, -0.2) is 33.3 Å². The number of pyridine rings is 1. The standard InChI is InChI=1S/C15H17BBrN3O2/c1-14(2)15(3,4)22-16(21-14)10-8-11(20-12(17)9-10)13-18-6-5-7-19-13/h5-9H,1-4H3. The fourth-order valence-electron chi connectivity index (χ4n) is 2.18. The van der Waals surface area contributed by atoms with E-state index in [4.69, 9.17) is 9.31 Å². The maximum absolute atomic E-state index is 6.08. The Labute approximate surface area is 138 Å². The van der Waals surface area contributed by atoms with Crippen molar-refractivity contribution < 1.29 is 9.31 Å². The Hall–Kier alpha value is -1.31. The highest BCUT2D eigenvalue weighted by molar-refractivity contribution is 9.10. The van der Waals surface area contributed by atoms with Gasteiger partial charge in [-0.1, -0.05) is 0 Å². The lowest BCUT2D eigenvalue weighted by Crippen LogP contribution is -2.41. The average Bonchev–Trinajstić information content (AvgIpc) is 2.68. The van der Waals surface area contributed by atoms with Crippen LogP contribution in [0.15, 0.2) is 35.2 Å². The zero-order chi connectivity index (χ0) is 16.0. The number of aromatic nitrogens is 3. The number of nitrogens with zero attached hydrogens (tertiary/aromatic N) is 3. The quantitative estimate of drug-likeness (QED) is 0.607. The molecule has 0 aliphatic carbocycles. The van der Waals surface area contributed by atoms with Crippen molar-refractivity contribution in [2.24, 2.45) is 0 Å². The Balaban J connectivity index is 1.98. The summed E-state index contributed by atoms with van der Waals surface area (Å²) >= 11 is 3.44. The molecule has 0 radical (unpaired) electrons. The second kappa shape index (κ2) is 5.40. The van der Waals surface area contributed by atoms with Crippen LogP contribution in [-0.2, 0) is 9.31 Å². The number of hydrogen-bond donors (Lipinski definition) is 0. The normalized spacial score (nSPS) is 19.4. The summed E-state index contributed by atoms with van der Waals surface area (Å²) < 4.78 is 12.9. The van der Waals surface area contributed by atoms with Gasteiger partial charge in [0.1, 0.15) is 10.3 Å². The molecule has 2 aromatic rings. The summed E-state index contributed by atoms with van der Waals surface area (Å²) in [7, 11) is -0.438. The van der Waals surface area contributed by atoms with Crippen molar-refractivity contribution >= 4 is 28.5 Å². The molecule has 3 heterocycles. The minimum Gasteiger partial charge on any atom is -0.399 e. The first-order valence-electron chi connectivity index (χ1n) is 7.09. The van der Waals surface area contributed by atoms with Gasteiger partial charge in [0.05, 0.1) is 11.2 Å². The molecule has 0 amide bonds. The van der Waals surface area contributed by atoms with Crippen LogP contribution in [0.2, 0.25) is 0 Å². The molecule has 2 aromatic heterocycles. The Morgan fingerprint density at radius 3 is 2.18 bits per heavy atom. The van der Waals surface area contributed by atoms with E-state index in [1.54, 1.807) is 18.5 Å². The first kappa shape index (κ1) is 15.6. The van der Waals surface area contributed by atoms with Gasteiger partial charge in [-0.2, -0.15) is 0 Å². The van der Waals surface area contributed by atoms with E-state index in [1.165, 1.54) is 0 Å². The van der Waals surface area contributed by atoms with Gasteiger partial charge in [0, 0.05) is 12.4 Å². The molecule has 0 N–H and O–H groups in total. The predicted molar refractivity (Wildman–Crippen MR) is 88.7 cm³/mol. The molecule has 1 aliphatic rings. The van der Waals surface area contributed by atoms with Gasteiger partial charge in [-0.15, -0.1) is 0 Å². The van der Waals surface area contributed by atoms with Crippen LogP contribution >= 0.6 is 15.9 Å². The van der Waals surface area contributed by atoms with Gasteiger partial charge in [-0.25, -0.2) is 15.0 Å². The summed E-state index contributed by atoms with van der Waals surface area (Å²) in [6, 6.07) is 5.58. The zero-order valence-electron chi connectivity index (χ0n) is 13.0. The summed E-state index contributed by atoms with van der Waals surface area (Å²) in [5.41, 5.74) is 0.816. The van der Waals surface area contributed by atoms with Gasteiger partial charge in [0.2, 0.25) is 0 Å². The van der Waals surface area contributed by atoms with Gasteiger partial charge < -0.3 is 9.31 Å². The first-order valence-corrected chi connectivity index (χ1v) is 7.88. The first-order chi connectivity index (χ1) is 10.3. The molecule has 1 aliphatic heterocycles. The highest BCUT2D eigenvalue weighted by atomic mass is 79.9. The summed E-state index contributed by atoms with van der Waals surface area (Å²) in [5.74, 6) is 0.571. The molecular weight excluding hydrogens is 345 g/mol. The monoisotopic (exact) mass is 361 g/mol. The Kier molecular flexibility index (Phi) is 3.83. The minimum absolute atomic E-state index is 0.378. The third-order valence-electron chi connectivity index (χ3n) is 4.14. The molecule has 0 spiro atoms. The van der Waals surface area contributed by atoms with Crippen LogP contribution in [0.1, 0.15) is 27.7 Å². The van der Waals surface area contributed by atoms with Gasteiger partial charge in [0.15, 0.2) is 5.82 Å². The second-order valence-electron chi connectivity index (χ2n) is 6.27. The van der Waals surface area contributed by atoms with Gasteiger partial charge in [-0.05, 0) is 67.3 Å². The SMILES string of the molecule is CC1(C)OB(c2cc(Br)nc(-c3ncccn3)c2)OC1(C)C. The van der Waals surface area contributed by atoms with E-state index < -0.39 is 7.12 Å². The molecule has 0 atom stereocenters. The van der Waals surface area contributed by atoms with E-state index >= 15 is 0 Å². The van der Waals surface area contributed by atoms with E-state index in [0.29, 0.717) is 16.1 Å². The average molecular weight is 362 g/mol. The zero-order valence-corrected chi connectivity index (χ0v) is 14.6. The Bertz CT molecular complexity index is 678. The third-order valence-corrected chi connectivity index (χ3v) is 4.54. The largest absolute Gasteiger partial charge is 0.495 e. The van der Waals surface area contributed by atoms with E-state index in [1.807, 2.05) is 39.8 Å². The topological polar surface area (TPSA) is 57.1 Å². The van der Waals surface area contributed by atoms with E-state index in [-0.39, 0.29) is 11.2 Å². The molecule has 5 nitrogen and oxygen atoms in total. The van der Waals surface area contributed by atoms with Crippen LogP contribution in [0.5, 0.6) is 0 Å². The van der Waals surface area contributed by atoms with Crippen molar-refractivity contribution in [3.05, 3.63) is 35.2 Å². The van der Waals surface area contributed by atoms with Crippen LogP contribution in [0.4, 0.5) is 0 Å². The molecule has 7 heteroatoms. The molecule has 3 rings (SSSR count). The summed E-state index contributed by atoms with van der Waals surface area (Å²) in [6.07, 6.45) is 3.39. The van der Waals surface area contributed by atoms with Crippen molar-refractivity contribution in [1.29, 1.82) is 0 Å². The second-order valence-corrected chi connectivity index (χ2v) is 7.08. The van der Waals surface area contributed by atoms with Crippen molar-refractivity contribution in [2.75, 3.05) is 0 Å². The molecule has 114 valence electrons. The molecular formula is C15H17BBrN3O2. The summed E-state index contributed by atoms with van der Waals surface area (Å²) in [5, 5.41) is 0. The fraction of sp³-hybridized carbons (Fsp3) is 0.400. The van der Waals surface area contributed by atoms with Crippen molar-refractivity contribution in [2.45, 2.75) is 38.9 Å². The van der Waals surface area contributed by atoms with E-state index in [9.17, 15) is 0 Å². The highest BCUT2D eigenvalue weighted by Gasteiger charge is 2.51. The molecule has 0 bridgehead atoms. The minimum atomic E-state index is -0.438. The number of hydrogen-bond acceptors (Lipinski definition) is 5. The molecule has 1 fully saturated rings. The van der Waals surface area contributed by atoms with Gasteiger partial charge in [-0.3, -0.25) is 0 Å². The lowest BCUT2D eigenvalue weighted by atomic mass is 9.79. The third kappa shape index (κ3) is 2.80. The molecule has 0 aromatic carbocycles. The smallest absolute Gasteiger partial charge is 0.399 e. The summed E-state index contributed by atoms with van der Waals surface area (Å²) in [6.45, 7) is 8.13. The molecule has 22 heavy (non-hydrogen) atoms. The van der Waals surface area contributed by atoms with Crippen molar-refractivity contribution in [3.63, 3.8) is 0 Å². The summed E-state index contributed by atoms with van der Waals surface area (Å²) in [4.78, 5) is 12.9. The number of halogens is 1. The maximum Gasteiger partial charge on any atom is 0.495 e. The van der Waals surface area contributed by atoms with Gasteiger partial charge in [0.25, 0.3) is 0 Å². The maximum atomic E-state index is 6.08. The van der Waals surface area contributed by atoms with E-state index in [2.05, 4.69) is 30.9 Å². The van der Waals surface area contributed by atoms with Crippen LogP contribution in [0.25, 0.3) is 11.5 Å². The fourth-order valence-corrected chi connectivity index (χ4v) is 2.63. The Morgan fingerprint density at radius 1 is 1.00 bits per heavy atom. The Morgan fingerprint density at radius 2 is 1.59 bits per heavy atom. The van der Waals surface area contributed by atoms with Crippen molar-refractivity contribution in [3.8, 4) is 11.5 Å². The van der Waals surface area contributed by atoms with Crippen LogP contribution in [0, 0.1) is 0 Å². The molecule has 0 saturated carbocycles. The lowest BCUT2D eigenvalue weighted by molar-refractivity contribution is 0.00578. The highest BCUT2D eigenvalue weighted by Crippen LogP contribution is 2.36. The number of rotatable bonds is 2. The van der Waals surface area contributed by atoms with Crippen molar-refractivity contribution in [1.82, 2.24) is 15.0 Å². The lowest BCUT2D eigenvalue weighted by Gasteiger charge is -2.32.